The van der Waals surface area contributed by atoms with Crippen LogP contribution in [0.5, 0.6) is 5.75 Å². The first kappa shape index (κ1) is 14.4. The lowest BCUT2D eigenvalue weighted by molar-refractivity contribution is 0.414. The first-order valence-electron chi connectivity index (χ1n) is 5.82. The monoisotopic (exact) mass is 342 g/mol. The van der Waals surface area contributed by atoms with Gasteiger partial charge in [0, 0.05) is 4.47 Å². The first-order chi connectivity index (χ1) is 9.10. The molecule has 0 heterocycles. The molecule has 0 saturated heterocycles. The SMILES string of the molecule is COc1cccc(CC(Cl)c2ccc(F)cc2Br)c1. The molecule has 0 fully saturated rings. The van der Waals surface area contributed by atoms with Crippen LogP contribution in [0.3, 0.4) is 0 Å². The number of ether oxygens (including phenoxy) is 1. The van der Waals surface area contributed by atoms with Crippen molar-refractivity contribution in [3.63, 3.8) is 0 Å². The molecule has 0 amide bonds. The molecule has 2 aromatic carbocycles. The lowest BCUT2D eigenvalue weighted by Gasteiger charge is -2.12. The van der Waals surface area contributed by atoms with E-state index in [-0.39, 0.29) is 11.2 Å². The molecule has 2 rings (SSSR count). The molecule has 100 valence electrons. The molecule has 0 saturated carbocycles. The van der Waals surface area contributed by atoms with Crippen molar-refractivity contribution in [3.8, 4) is 5.75 Å². The third kappa shape index (κ3) is 3.71. The van der Waals surface area contributed by atoms with Crippen LogP contribution in [-0.4, -0.2) is 7.11 Å². The summed E-state index contributed by atoms with van der Waals surface area (Å²) in [6.07, 6.45) is 0.656. The van der Waals surface area contributed by atoms with E-state index in [4.69, 9.17) is 16.3 Å². The van der Waals surface area contributed by atoms with Crippen LogP contribution in [0.1, 0.15) is 16.5 Å². The maximum absolute atomic E-state index is 13.0. The van der Waals surface area contributed by atoms with E-state index in [0.717, 1.165) is 16.9 Å². The predicted octanol–water partition coefficient (Wildman–Crippen LogP) is 5.12. The summed E-state index contributed by atoms with van der Waals surface area (Å²) in [5, 5.41) is -0.220. The van der Waals surface area contributed by atoms with Crippen LogP contribution in [0.2, 0.25) is 0 Å². The molecule has 0 bridgehead atoms. The van der Waals surface area contributed by atoms with Crippen molar-refractivity contribution in [2.75, 3.05) is 7.11 Å². The standard InChI is InChI=1S/C15H13BrClFO/c1-19-12-4-2-3-10(7-12)8-15(17)13-6-5-11(18)9-14(13)16/h2-7,9,15H,8H2,1H3. The molecular formula is C15H13BrClFO. The third-order valence-corrected chi connectivity index (χ3v) is 3.93. The smallest absolute Gasteiger partial charge is 0.124 e. The van der Waals surface area contributed by atoms with E-state index in [0.29, 0.717) is 10.9 Å². The van der Waals surface area contributed by atoms with Gasteiger partial charge in [-0.05, 0) is 41.8 Å². The lowest BCUT2D eigenvalue weighted by atomic mass is 10.0. The third-order valence-electron chi connectivity index (χ3n) is 2.85. The average molecular weight is 344 g/mol. The van der Waals surface area contributed by atoms with Crippen molar-refractivity contribution in [2.45, 2.75) is 11.8 Å². The van der Waals surface area contributed by atoms with Gasteiger partial charge in [-0.15, -0.1) is 11.6 Å². The van der Waals surface area contributed by atoms with Crippen molar-refractivity contribution in [2.24, 2.45) is 0 Å². The maximum Gasteiger partial charge on any atom is 0.124 e. The van der Waals surface area contributed by atoms with Gasteiger partial charge >= 0.3 is 0 Å². The van der Waals surface area contributed by atoms with E-state index in [1.54, 1.807) is 13.2 Å². The molecule has 2 aromatic rings. The number of hydrogen-bond donors (Lipinski definition) is 0. The Kier molecular flexibility index (Phi) is 4.83. The van der Waals surface area contributed by atoms with Crippen molar-refractivity contribution in [3.05, 3.63) is 63.9 Å². The highest BCUT2D eigenvalue weighted by atomic mass is 79.9. The van der Waals surface area contributed by atoms with Gasteiger partial charge in [0.25, 0.3) is 0 Å². The van der Waals surface area contributed by atoms with Gasteiger partial charge in [0.1, 0.15) is 11.6 Å². The number of hydrogen-bond acceptors (Lipinski definition) is 1. The Morgan fingerprint density at radius 2 is 2.05 bits per heavy atom. The first-order valence-corrected chi connectivity index (χ1v) is 7.05. The molecule has 0 radical (unpaired) electrons. The van der Waals surface area contributed by atoms with Crippen LogP contribution < -0.4 is 4.74 Å². The molecule has 19 heavy (non-hydrogen) atoms. The van der Waals surface area contributed by atoms with E-state index in [1.165, 1.54) is 12.1 Å². The highest BCUT2D eigenvalue weighted by Gasteiger charge is 2.13. The molecule has 0 aliphatic rings. The lowest BCUT2D eigenvalue weighted by Crippen LogP contribution is -1.98. The van der Waals surface area contributed by atoms with Crippen molar-refractivity contribution >= 4 is 27.5 Å². The fraction of sp³-hybridized carbons (Fsp3) is 0.200. The Bertz CT molecular complexity index is 574. The molecule has 1 nitrogen and oxygen atoms in total. The summed E-state index contributed by atoms with van der Waals surface area (Å²) in [6, 6.07) is 12.3. The fourth-order valence-corrected chi connectivity index (χ4v) is 3.00. The normalized spacial score (nSPS) is 12.2. The van der Waals surface area contributed by atoms with Gasteiger partial charge in [0.2, 0.25) is 0 Å². The number of rotatable bonds is 4. The van der Waals surface area contributed by atoms with Crippen LogP contribution in [0.4, 0.5) is 4.39 Å². The van der Waals surface area contributed by atoms with Gasteiger partial charge in [-0.2, -0.15) is 0 Å². The second-order valence-electron chi connectivity index (χ2n) is 4.19. The minimum absolute atomic E-state index is 0.220. The van der Waals surface area contributed by atoms with Crippen molar-refractivity contribution in [1.82, 2.24) is 0 Å². The molecule has 0 spiro atoms. The van der Waals surface area contributed by atoms with Gasteiger partial charge in [-0.25, -0.2) is 4.39 Å². The van der Waals surface area contributed by atoms with Crippen LogP contribution in [0.25, 0.3) is 0 Å². The number of methoxy groups -OCH3 is 1. The van der Waals surface area contributed by atoms with Crippen LogP contribution in [-0.2, 0) is 6.42 Å². The zero-order valence-corrected chi connectivity index (χ0v) is 12.7. The number of halogens is 3. The number of alkyl halides is 1. The Morgan fingerprint density at radius 1 is 1.26 bits per heavy atom. The topological polar surface area (TPSA) is 9.23 Å². The summed E-state index contributed by atoms with van der Waals surface area (Å²) in [5.74, 6) is 0.528. The molecule has 1 unspecified atom stereocenters. The molecule has 1 atom stereocenters. The van der Waals surface area contributed by atoms with Gasteiger partial charge in [0.05, 0.1) is 12.5 Å². The quantitative estimate of drug-likeness (QED) is 0.700. The molecular weight excluding hydrogens is 331 g/mol. The minimum Gasteiger partial charge on any atom is -0.497 e. The van der Waals surface area contributed by atoms with Crippen LogP contribution >= 0.6 is 27.5 Å². The van der Waals surface area contributed by atoms with Crippen LogP contribution in [0, 0.1) is 5.82 Å². The number of benzene rings is 2. The summed E-state index contributed by atoms with van der Waals surface area (Å²) in [4.78, 5) is 0. The zero-order chi connectivity index (χ0) is 13.8. The summed E-state index contributed by atoms with van der Waals surface area (Å²) in [6.45, 7) is 0. The Balaban J connectivity index is 2.17. The second kappa shape index (κ2) is 6.40. The molecule has 0 aliphatic heterocycles. The molecule has 0 aliphatic carbocycles. The highest BCUT2D eigenvalue weighted by molar-refractivity contribution is 9.10. The van der Waals surface area contributed by atoms with E-state index in [2.05, 4.69) is 15.9 Å². The van der Waals surface area contributed by atoms with E-state index >= 15 is 0 Å². The molecule has 4 heteroatoms. The van der Waals surface area contributed by atoms with Gasteiger partial charge in [-0.1, -0.05) is 34.1 Å². The Hall–Kier alpha value is -1.06. The minimum atomic E-state index is -0.277. The fourth-order valence-electron chi connectivity index (χ4n) is 1.87. The maximum atomic E-state index is 13.0. The Morgan fingerprint density at radius 3 is 2.74 bits per heavy atom. The van der Waals surface area contributed by atoms with Gasteiger partial charge in [-0.3, -0.25) is 0 Å². The second-order valence-corrected chi connectivity index (χ2v) is 5.57. The van der Waals surface area contributed by atoms with E-state index < -0.39 is 0 Å². The van der Waals surface area contributed by atoms with Crippen molar-refractivity contribution < 1.29 is 9.13 Å². The molecule has 0 aromatic heterocycles. The summed E-state index contributed by atoms with van der Waals surface area (Å²) in [7, 11) is 1.63. The van der Waals surface area contributed by atoms with Gasteiger partial charge in [0.15, 0.2) is 0 Å². The Labute approximate surface area is 125 Å². The molecule has 0 N–H and O–H groups in total. The van der Waals surface area contributed by atoms with Crippen LogP contribution in [0.15, 0.2) is 46.9 Å². The summed E-state index contributed by atoms with van der Waals surface area (Å²) >= 11 is 9.74. The van der Waals surface area contributed by atoms with E-state index in [9.17, 15) is 4.39 Å². The highest BCUT2D eigenvalue weighted by Crippen LogP contribution is 2.32. The summed E-state index contributed by atoms with van der Waals surface area (Å²) < 4.78 is 18.9. The summed E-state index contributed by atoms with van der Waals surface area (Å²) in [5.41, 5.74) is 1.96. The van der Waals surface area contributed by atoms with E-state index in [1.807, 2.05) is 24.3 Å². The van der Waals surface area contributed by atoms with Gasteiger partial charge < -0.3 is 4.74 Å². The predicted molar refractivity (Wildman–Crippen MR) is 79.4 cm³/mol. The average Bonchev–Trinajstić information content (AvgIpc) is 2.38. The zero-order valence-electron chi connectivity index (χ0n) is 10.4. The van der Waals surface area contributed by atoms with Crippen molar-refractivity contribution in [1.29, 1.82) is 0 Å². The largest absolute Gasteiger partial charge is 0.497 e.